The second-order valence-corrected chi connectivity index (χ2v) is 17.9. The summed E-state index contributed by atoms with van der Waals surface area (Å²) in [6, 6.07) is 11.1. The van der Waals surface area contributed by atoms with Gasteiger partial charge in [0.15, 0.2) is 0 Å². The van der Waals surface area contributed by atoms with E-state index in [4.69, 9.17) is 20.9 Å². The first-order valence-corrected chi connectivity index (χ1v) is 16.2. The summed E-state index contributed by atoms with van der Waals surface area (Å²) < 4.78 is 27.9. The monoisotopic (exact) mass is 514 g/mol. The maximum absolute atomic E-state index is 13.6. The van der Waals surface area contributed by atoms with Crippen molar-refractivity contribution in [2.45, 2.75) is 24.9 Å². The number of hydrogen-bond donors (Lipinski definition) is 1. The molecule has 0 saturated carbocycles. The van der Waals surface area contributed by atoms with Crippen LogP contribution >= 0.6 is 29.6 Å². The molecule has 0 spiro atoms. The van der Waals surface area contributed by atoms with Gasteiger partial charge in [-0.1, -0.05) is 0 Å². The van der Waals surface area contributed by atoms with E-state index >= 15 is 0 Å². The molecule has 0 amide bonds. The Balaban J connectivity index is 1.30. The second kappa shape index (κ2) is 7.17. The van der Waals surface area contributed by atoms with Gasteiger partial charge in [-0.15, -0.1) is 0 Å². The van der Waals surface area contributed by atoms with E-state index in [-0.39, 0.29) is 5.82 Å². The summed E-state index contributed by atoms with van der Waals surface area (Å²) in [6.45, 7) is 1.60. The van der Waals surface area contributed by atoms with E-state index in [1.165, 1.54) is 20.6 Å². The van der Waals surface area contributed by atoms with E-state index in [1.807, 2.05) is 18.2 Å². The molecule has 1 unspecified atom stereocenters. The Labute approximate surface area is 174 Å². The molecule has 1 N–H and O–H groups in total. The van der Waals surface area contributed by atoms with Gasteiger partial charge in [0.05, 0.1) is 0 Å². The van der Waals surface area contributed by atoms with Crippen LogP contribution in [-0.4, -0.2) is 37.1 Å². The average Bonchev–Trinajstić information content (AvgIpc) is 3.00. The minimum absolute atomic E-state index is 0.125. The van der Waals surface area contributed by atoms with Crippen molar-refractivity contribution in [1.29, 1.82) is 0 Å². The Bertz CT molecular complexity index is 954. The predicted octanol–water partition coefficient (Wildman–Crippen LogP) is 5.48. The quantitative estimate of drug-likeness (QED) is 0.434. The van der Waals surface area contributed by atoms with E-state index in [1.54, 1.807) is 6.07 Å². The molecule has 3 aliphatic heterocycles. The van der Waals surface area contributed by atoms with Crippen LogP contribution in [-0.2, 0) is 0 Å². The van der Waals surface area contributed by atoms with Crippen LogP contribution in [0, 0.1) is 5.82 Å². The van der Waals surface area contributed by atoms with Crippen LogP contribution in [0.2, 0.25) is 5.02 Å². The third kappa shape index (κ3) is 3.41. The number of ether oxygens (including phenoxy) is 1. The molecule has 2 aromatic carbocycles. The number of hydrogen-bond acceptors (Lipinski definition) is 3. The summed E-state index contributed by atoms with van der Waals surface area (Å²) >= 11 is 4.16. The van der Waals surface area contributed by atoms with E-state index in [0.29, 0.717) is 23.7 Å². The summed E-state index contributed by atoms with van der Waals surface area (Å²) in [7, 11) is 0. The Hall–Kier alpha value is -1.34. The third-order valence-corrected chi connectivity index (χ3v) is 14.9. The number of nitrogens with zero attached hydrogens (tertiary/aromatic N) is 1. The fourth-order valence-corrected chi connectivity index (χ4v) is 12.9. The van der Waals surface area contributed by atoms with Gasteiger partial charge < -0.3 is 0 Å². The number of benzene rings is 2. The van der Waals surface area contributed by atoms with Crippen molar-refractivity contribution in [3.63, 3.8) is 0 Å². The molecule has 0 aromatic heterocycles. The summed E-state index contributed by atoms with van der Waals surface area (Å²) in [5.41, 5.74) is 3.41. The van der Waals surface area contributed by atoms with Crippen molar-refractivity contribution in [1.82, 2.24) is 0 Å². The Morgan fingerprint density at radius 2 is 2.07 bits per heavy atom. The van der Waals surface area contributed by atoms with Crippen LogP contribution in [0.4, 0.5) is 15.8 Å². The zero-order chi connectivity index (χ0) is 19.3. The van der Waals surface area contributed by atoms with Crippen LogP contribution in [0.25, 0.3) is 0 Å². The molecule has 0 bridgehead atoms. The molecular formula is C22H25ClFIN2O. The first-order chi connectivity index (χ1) is 13.5. The number of halogens is 3. The van der Waals surface area contributed by atoms with Crippen LogP contribution in [0.5, 0.6) is 5.75 Å². The molecule has 0 radical (unpaired) electrons. The van der Waals surface area contributed by atoms with Crippen molar-refractivity contribution in [3.8, 4) is 5.75 Å². The molecule has 1 atom stereocenters. The van der Waals surface area contributed by atoms with Crippen molar-refractivity contribution in [3.05, 3.63) is 52.8 Å². The van der Waals surface area contributed by atoms with Crippen LogP contribution in [0.15, 0.2) is 36.4 Å². The summed E-state index contributed by atoms with van der Waals surface area (Å²) in [5, 5.41) is 4.41. The van der Waals surface area contributed by atoms with Crippen molar-refractivity contribution >= 4 is 45.4 Å². The van der Waals surface area contributed by atoms with Gasteiger partial charge in [-0.3, -0.25) is 0 Å². The summed E-state index contributed by atoms with van der Waals surface area (Å²) in [5.74, 6) is 1.25. The molecule has 3 aliphatic rings. The SMILES string of the molecule is C=I1(CC2Nc3cc(Cl)cc4c3N2CCO4)CCC(c2cccc(F)c2)CC1. The van der Waals surface area contributed by atoms with Gasteiger partial charge in [-0.05, 0) is 0 Å². The van der Waals surface area contributed by atoms with E-state index in [0.717, 1.165) is 40.8 Å². The molecule has 3 heterocycles. The van der Waals surface area contributed by atoms with Crippen LogP contribution in [0.1, 0.15) is 24.3 Å². The number of nitrogens with one attached hydrogen (secondary N) is 1. The number of anilines is 2. The number of alkyl halides is 3. The molecule has 28 heavy (non-hydrogen) atoms. The third-order valence-electron chi connectivity index (χ3n) is 6.13. The van der Waals surface area contributed by atoms with Gasteiger partial charge in [-0.2, -0.15) is 0 Å². The van der Waals surface area contributed by atoms with Gasteiger partial charge in [-0.25, -0.2) is 0 Å². The van der Waals surface area contributed by atoms with E-state index in [2.05, 4.69) is 16.3 Å². The zero-order valence-electron chi connectivity index (χ0n) is 15.8. The minimum atomic E-state index is -2.10. The molecule has 1 fully saturated rings. The normalized spacial score (nSPS) is 30.7. The van der Waals surface area contributed by atoms with Crippen LogP contribution < -0.4 is 15.0 Å². The standard InChI is InChI=1S/C22H25ClFIN2O/c1-25(7-5-15(6-8-25)16-3-2-4-18(24)11-16)14-21-26-19-12-17(23)13-20-22(19)27(21)9-10-28-20/h2-4,11-13,15,21,26H,1,5-10,14H2. The molecular weight excluding hydrogens is 490 g/mol. The second-order valence-electron chi connectivity index (χ2n) is 8.00. The molecule has 5 rings (SSSR count). The van der Waals surface area contributed by atoms with Crippen molar-refractivity contribution in [2.75, 3.05) is 36.7 Å². The maximum atomic E-state index is 13.6. The zero-order valence-corrected chi connectivity index (χ0v) is 18.7. The number of rotatable bonds is 3. The first kappa shape index (κ1) is 18.7. The summed E-state index contributed by atoms with van der Waals surface area (Å²) in [6.07, 6.45) is 2.59. The van der Waals surface area contributed by atoms with E-state index < -0.39 is 18.0 Å². The summed E-state index contributed by atoms with van der Waals surface area (Å²) in [4.78, 5) is 2.46. The van der Waals surface area contributed by atoms with Gasteiger partial charge in [0.2, 0.25) is 0 Å². The van der Waals surface area contributed by atoms with Crippen molar-refractivity contribution in [2.24, 2.45) is 0 Å². The average molecular weight is 515 g/mol. The fraction of sp³-hybridized carbons (Fsp3) is 0.409. The Morgan fingerprint density at radius 3 is 2.86 bits per heavy atom. The topological polar surface area (TPSA) is 24.5 Å². The van der Waals surface area contributed by atoms with Gasteiger partial charge >= 0.3 is 175 Å². The van der Waals surface area contributed by atoms with Gasteiger partial charge in [0.1, 0.15) is 0 Å². The van der Waals surface area contributed by atoms with Gasteiger partial charge in [0.25, 0.3) is 0 Å². The van der Waals surface area contributed by atoms with Crippen LogP contribution in [0.3, 0.4) is 0 Å². The fourth-order valence-electron chi connectivity index (χ4n) is 4.67. The molecule has 6 heteroatoms. The van der Waals surface area contributed by atoms with E-state index in [9.17, 15) is 4.39 Å². The predicted molar refractivity (Wildman–Crippen MR) is 126 cm³/mol. The first-order valence-electron chi connectivity index (χ1n) is 9.77. The molecule has 1 saturated heterocycles. The molecule has 0 aliphatic carbocycles. The molecule has 3 nitrogen and oxygen atoms in total. The van der Waals surface area contributed by atoms with Crippen molar-refractivity contribution < 1.29 is 9.13 Å². The Morgan fingerprint density at radius 1 is 1.25 bits per heavy atom. The molecule has 150 valence electrons. The van der Waals surface area contributed by atoms with Gasteiger partial charge in [0, 0.05) is 0 Å². The molecule has 2 aromatic rings. The Kier molecular flexibility index (Phi) is 4.78.